The summed E-state index contributed by atoms with van der Waals surface area (Å²) >= 11 is 3.75. The van der Waals surface area contributed by atoms with Gasteiger partial charge in [0.05, 0.1) is 11.6 Å². The molecule has 1 atom stereocenters. The van der Waals surface area contributed by atoms with Crippen LogP contribution in [0.15, 0.2) is 89.4 Å². The van der Waals surface area contributed by atoms with E-state index in [1.54, 1.807) is 25.1 Å². The fraction of sp³-hybridized carbons (Fsp3) is 0.161. The number of rotatable bonds is 7. The van der Waals surface area contributed by atoms with Crippen LogP contribution in [-0.4, -0.2) is 12.0 Å². The van der Waals surface area contributed by atoms with Gasteiger partial charge in [0, 0.05) is 22.1 Å². The molecule has 5 rings (SSSR count). The van der Waals surface area contributed by atoms with E-state index in [4.69, 9.17) is 14.2 Å². The summed E-state index contributed by atoms with van der Waals surface area (Å²) in [5, 5.41) is 12.4. The minimum Gasteiger partial charge on any atom is -0.485 e. The molecule has 4 aromatic carbocycles. The number of halogens is 1. The molecule has 0 aliphatic carbocycles. The Labute approximate surface area is 229 Å². The van der Waals surface area contributed by atoms with E-state index in [-0.39, 0.29) is 19.0 Å². The van der Waals surface area contributed by atoms with Crippen LogP contribution in [0.4, 0.5) is 0 Å². The van der Waals surface area contributed by atoms with Crippen molar-refractivity contribution in [1.82, 2.24) is 5.32 Å². The van der Waals surface area contributed by atoms with Crippen LogP contribution in [0.3, 0.4) is 0 Å². The van der Waals surface area contributed by atoms with E-state index in [0.29, 0.717) is 23.6 Å². The number of nitrogens with zero attached hydrogens (tertiary/aromatic N) is 1. The molecule has 6 nitrogen and oxygen atoms in total. The van der Waals surface area contributed by atoms with Crippen molar-refractivity contribution in [2.24, 2.45) is 0 Å². The molecule has 1 N–H and O–H groups in total. The summed E-state index contributed by atoms with van der Waals surface area (Å²) in [4.78, 5) is 12.7. The molecular weight excluding hydrogens is 544 g/mol. The third-order valence-corrected chi connectivity index (χ3v) is 7.23. The van der Waals surface area contributed by atoms with Crippen molar-refractivity contribution in [3.8, 4) is 34.4 Å². The number of hydrogen-bond donors (Lipinski definition) is 1. The lowest BCUT2D eigenvalue weighted by molar-refractivity contribution is -0.136. The lowest BCUT2D eigenvalue weighted by atomic mass is 10.0. The molecule has 7 heteroatoms. The minimum absolute atomic E-state index is 0.205. The Hall–Kier alpha value is -4.12. The monoisotopic (exact) mass is 568 g/mol. The molecule has 0 aromatic heterocycles. The SMILES string of the molecule is CC1NCc2ccc(OCc3cccc(-c4ccccc4)c3Br)c(c2OCc2cccc(C#N)c2)OC1=O. The minimum atomic E-state index is -0.488. The van der Waals surface area contributed by atoms with Crippen molar-refractivity contribution < 1.29 is 19.0 Å². The van der Waals surface area contributed by atoms with E-state index in [0.717, 1.165) is 32.3 Å². The highest BCUT2D eigenvalue weighted by Crippen LogP contribution is 2.43. The van der Waals surface area contributed by atoms with E-state index in [9.17, 15) is 10.1 Å². The number of hydrogen-bond acceptors (Lipinski definition) is 6. The standard InChI is InChI=1S/C31H25BrN2O4/c1-20-31(35)38-30-27(36-19-25-11-6-12-26(28(25)32)23-9-3-2-4-10-23)14-13-24(17-34-20)29(30)37-18-22-8-5-7-21(15-22)16-33/h2-15,20,34H,17-19H2,1H3. The number of nitriles is 1. The van der Waals surface area contributed by atoms with Crippen LogP contribution < -0.4 is 19.5 Å². The zero-order valence-corrected chi connectivity index (χ0v) is 22.3. The molecule has 38 heavy (non-hydrogen) atoms. The maximum atomic E-state index is 12.7. The van der Waals surface area contributed by atoms with E-state index >= 15 is 0 Å². The summed E-state index contributed by atoms with van der Waals surface area (Å²) in [5.41, 5.74) is 5.33. The van der Waals surface area contributed by atoms with Crippen molar-refractivity contribution in [2.45, 2.75) is 32.7 Å². The van der Waals surface area contributed by atoms with E-state index in [2.05, 4.69) is 45.5 Å². The van der Waals surface area contributed by atoms with Gasteiger partial charge in [-0.05, 0) is 57.7 Å². The fourth-order valence-electron chi connectivity index (χ4n) is 4.20. The Bertz CT molecular complexity index is 1510. The van der Waals surface area contributed by atoms with Crippen LogP contribution in [0.25, 0.3) is 11.1 Å². The Morgan fingerprint density at radius 1 is 1.00 bits per heavy atom. The lowest BCUT2D eigenvalue weighted by Crippen LogP contribution is -2.38. The predicted octanol–water partition coefficient (Wildman–Crippen LogP) is 6.54. The van der Waals surface area contributed by atoms with Crippen LogP contribution in [0.5, 0.6) is 17.2 Å². The second-order valence-electron chi connectivity index (χ2n) is 8.94. The van der Waals surface area contributed by atoms with Gasteiger partial charge in [-0.1, -0.05) is 66.7 Å². The molecule has 1 unspecified atom stereocenters. The van der Waals surface area contributed by atoms with Crippen LogP contribution >= 0.6 is 15.9 Å². The first kappa shape index (κ1) is 25.5. The Balaban J connectivity index is 1.44. The Morgan fingerprint density at radius 2 is 1.82 bits per heavy atom. The molecule has 1 heterocycles. The number of esters is 1. The van der Waals surface area contributed by atoms with Gasteiger partial charge in [0.15, 0.2) is 11.5 Å². The molecular formula is C31H25BrN2O4. The molecule has 4 aromatic rings. The van der Waals surface area contributed by atoms with Gasteiger partial charge in [-0.25, -0.2) is 4.79 Å². The summed E-state index contributed by atoms with van der Waals surface area (Å²) < 4.78 is 19.2. The Morgan fingerprint density at radius 3 is 2.63 bits per heavy atom. The number of ether oxygens (including phenoxy) is 3. The predicted molar refractivity (Wildman–Crippen MR) is 148 cm³/mol. The third-order valence-electron chi connectivity index (χ3n) is 6.30. The number of carbonyl (C=O) groups excluding carboxylic acids is 1. The van der Waals surface area contributed by atoms with Gasteiger partial charge in [0.1, 0.15) is 19.3 Å². The largest absolute Gasteiger partial charge is 0.485 e. The zero-order valence-electron chi connectivity index (χ0n) is 20.7. The molecule has 0 saturated carbocycles. The highest BCUT2D eigenvalue weighted by Gasteiger charge is 2.27. The molecule has 1 aliphatic rings. The van der Waals surface area contributed by atoms with E-state index < -0.39 is 12.0 Å². The normalized spacial score (nSPS) is 14.6. The lowest BCUT2D eigenvalue weighted by Gasteiger charge is -2.24. The van der Waals surface area contributed by atoms with Crippen molar-refractivity contribution >= 4 is 21.9 Å². The first-order chi connectivity index (χ1) is 18.5. The van der Waals surface area contributed by atoms with Crippen molar-refractivity contribution in [2.75, 3.05) is 0 Å². The van der Waals surface area contributed by atoms with Gasteiger partial charge in [0.2, 0.25) is 5.75 Å². The molecule has 0 fully saturated rings. The van der Waals surface area contributed by atoms with Crippen molar-refractivity contribution in [3.63, 3.8) is 0 Å². The summed E-state index contributed by atoms with van der Waals surface area (Å²) in [5.74, 6) is 0.687. The summed E-state index contributed by atoms with van der Waals surface area (Å²) in [7, 11) is 0. The molecule has 0 spiro atoms. The van der Waals surface area contributed by atoms with Gasteiger partial charge in [-0.2, -0.15) is 5.26 Å². The topological polar surface area (TPSA) is 80.6 Å². The van der Waals surface area contributed by atoms with Gasteiger partial charge in [0.25, 0.3) is 0 Å². The molecule has 190 valence electrons. The average Bonchev–Trinajstić information content (AvgIpc) is 2.95. The summed E-state index contributed by atoms with van der Waals surface area (Å²) in [6.45, 7) is 2.65. The summed E-state index contributed by atoms with van der Waals surface area (Å²) in [6.07, 6.45) is 0. The second kappa shape index (κ2) is 11.5. The molecule has 0 radical (unpaired) electrons. The van der Waals surface area contributed by atoms with Gasteiger partial charge in [-0.15, -0.1) is 0 Å². The van der Waals surface area contributed by atoms with Crippen LogP contribution in [0.1, 0.15) is 29.2 Å². The highest BCUT2D eigenvalue weighted by atomic mass is 79.9. The first-order valence-electron chi connectivity index (χ1n) is 12.2. The van der Waals surface area contributed by atoms with Crippen LogP contribution in [0.2, 0.25) is 0 Å². The molecule has 0 amide bonds. The molecule has 1 aliphatic heterocycles. The number of benzene rings is 4. The van der Waals surface area contributed by atoms with Gasteiger partial charge < -0.3 is 19.5 Å². The maximum absolute atomic E-state index is 12.7. The summed E-state index contributed by atoms with van der Waals surface area (Å²) in [6, 6.07) is 28.7. The third kappa shape index (κ3) is 5.57. The average molecular weight is 569 g/mol. The van der Waals surface area contributed by atoms with Crippen LogP contribution in [0, 0.1) is 11.3 Å². The molecule has 0 saturated heterocycles. The van der Waals surface area contributed by atoms with Crippen molar-refractivity contribution in [1.29, 1.82) is 5.26 Å². The van der Waals surface area contributed by atoms with Crippen molar-refractivity contribution in [3.05, 3.63) is 112 Å². The smallest absolute Gasteiger partial charge is 0.328 e. The van der Waals surface area contributed by atoms with E-state index in [1.807, 2.05) is 48.5 Å². The molecule has 2 bridgehead atoms. The van der Waals surface area contributed by atoms with E-state index in [1.165, 1.54) is 0 Å². The van der Waals surface area contributed by atoms with Gasteiger partial charge >= 0.3 is 5.97 Å². The maximum Gasteiger partial charge on any atom is 0.328 e. The fourth-order valence-corrected chi connectivity index (χ4v) is 4.81. The highest BCUT2D eigenvalue weighted by molar-refractivity contribution is 9.10. The quantitative estimate of drug-likeness (QED) is 0.201. The van der Waals surface area contributed by atoms with Crippen LogP contribution in [-0.2, 0) is 24.6 Å². The zero-order chi connectivity index (χ0) is 26.5. The number of fused-ring (bicyclic) bond motifs is 2. The first-order valence-corrected chi connectivity index (χ1v) is 13.0. The Kier molecular flexibility index (Phi) is 7.73. The second-order valence-corrected chi connectivity index (χ2v) is 9.73. The number of carbonyl (C=O) groups is 1. The van der Waals surface area contributed by atoms with Gasteiger partial charge in [-0.3, -0.25) is 0 Å². The number of nitrogens with one attached hydrogen (secondary N) is 1.